The van der Waals surface area contributed by atoms with E-state index in [2.05, 4.69) is 31.4 Å². The molecule has 0 aliphatic rings. The molecule has 0 aliphatic heterocycles. The Morgan fingerprint density at radius 3 is 3.10 bits per heavy atom. The Morgan fingerprint density at radius 2 is 2.33 bits per heavy atom. The number of nitrogens with zero attached hydrogens (tertiary/aromatic N) is 2. The number of hydrogen-bond donors (Lipinski definition) is 1. The summed E-state index contributed by atoms with van der Waals surface area (Å²) in [5.74, 6) is -0.272. The van der Waals surface area contributed by atoms with Crippen molar-refractivity contribution in [1.29, 1.82) is 0 Å². The molecule has 0 amide bonds. The molecule has 1 aromatic carbocycles. The molecule has 1 heterocycles. The summed E-state index contributed by atoms with van der Waals surface area (Å²) < 4.78 is 5.85. The zero-order chi connectivity index (χ0) is 15.1. The molecule has 0 saturated carbocycles. The van der Waals surface area contributed by atoms with Crippen molar-refractivity contribution in [1.82, 2.24) is 4.98 Å². The number of carbonyl (C=O) groups is 1. The highest BCUT2D eigenvalue weighted by atomic mass is 79.9. The van der Waals surface area contributed by atoms with Crippen LogP contribution >= 0.6 is 27.3 Å². The molecule has 0 spiro atoms. The maximum atomic E-state index is 11.3. The van der Waals surface area contributed by atoms with Crippen LogP contribution in [-0.4, -0.2) is 23.8 Å². The molecule has 0 bridgehead atoms. The molecule has 110 valence electrons. The molecule has 2 rings (SSSR count). The Labute approximate surface area is 135 Å². The first-order chi connectivity index (χ1) is 10.2. The Balaban J connectivity index is 1.91. The van der Waals surface area contributed by atoms with E-state index in [1.165, 1.54) is 11.3 Å². The van der Waals surface area contributed by atoms with Gasteiger partial charge in [0.05, 0.1) is 24.9 Å². The lowest BCUT2D eigenvalue weighted by molar-refractivity contribution is -0.142. The van der Waals surface area contributed by atoms with Gasteiger partial charge in [-0.15, -0.1) is 11.3 Å². The van der Waals surface area contributed by atoms with Gasteiger partial charge in [-0.25, -0.2) is 4.98 Å². The number of esters is 1. The van der Waals surface area contributed by atoms with Crippen LogP contribution in [0.4, 0.5) is 5.13 Å². The number of halogens is 1. The summed E-state index contributed by atoms with van der Waals surface area (Å²) in [4.78, 5) is 15.6. The van der Waals surface area contributed by atoms with Crippen LogP contribution in [0.25, 0.3) is 0 Å². The summed E-state index contributed by atoms with van der Waals surface area (Å²) in [6.45, 7) is 2.16. The Bertz CT molecular complexity index is 643. The second-order valence-corrected chi connectivity index (χ2v) is 5.73. The minimum absolute atomic E-state index is 0.181. The van der Waals surface area contributed by atoms with Crippen LogP contribution in [0.5, 0.6) is 0 Å². The number of hydrogen-bond acceptors (Lipinski definition) is 6. The SMILES string of the molecule is CCOC(=O)Cc1csc(N/N=C/c2ccccc2Br)n1. The summed E-state index contributed by atoms with van der Waals surface area (Å²) in [6, 6.07) is 7.77. The van der Waals surface area contributed by atoms with Gasteiger partial charge < -0.3 is 4.74 Å². The molecule has 21 heavy (non-hydrogen) atoms. The maximum absolute atomic E-state index is 11.3. The highest BCUT2D eigenvalue weighted by Gasteiger charge is 2.07. The minimum Gasteiger partial charge on any atom is -0.466 e. The third-order valence-electron chi connectivity index (χ3n) is 2.45. The van der Waals surface area contributed by atoms with Gasteiger partial charge in [0.1, 0.15) is 0 Å². The fourth-order valence-electron chi connectivity index (χ4n) is 1.54. The number of thiazole rings is 1. The molecule has 2 aromatic rings. The van der Waals surface area contributed by atoms with Crippen molar-refractivity contribution in [2.45, 2.75) is 13.3 Å². The fraction of sp³-hybridized carbons (Fsp3) is 0.214. The van der Waals surface area contributed by atoms with Crippen LogP contribution in [0, 0.1) is 0 Å². The van der Waals surface area contributed by atoms with Crippen LogP contribution in [0.1, 0.15) is 18.2 Å². The molecule has 1 N–H and O–H groups in total. The third kappa shape index (κ3) is 4.95. The van der Waals surface area contributed by atoms with Gasteiger partial charge in [-0.05, 0) is 13.0 Å². The Kier molecular flexibility index (Phi) is 5.89. The number of aromatic nitrogens is 1. The van der Waals surface area contributed by atoms with Crippen molar-refractivity contribution in [3.63, 3.8) is 0 Å². The van der Waals surface area contributed by atoms with E-state index in [1.54, 1.807) is 13.1 Å². The van der Waals surface area contributed by atoms with Crippen molar-refractivity contribution in [3.05, 3.63) is 45.4 Å². The van der Waals surface area contributed by atoms with Crippen LogP contribution < -0.4 is 5.43 Å². The zero-order valence-electron chi connectivity index (χ0n) is 11.4. The van der Waals surface area contributed by atoms with Crippen LogP contribution in [0.3, 0.4) is 0 Å². The van der Waals surface area contributed by atoms with Crippen molar-refractivity contribution < 1.29 is 9.53 Å². The normalized spacial score (nSPS) is 10.8. The largest absolute Gasteiger partial charge is 0.466 e. The van der Waals surface area contributed by atoms with Gasteiger partial charge in [-0.3, -0.25) is 10.2 Å². The van der Waals surface area contributed by atoms with Gasteiger partial charge >= 0.3 is 5.97 Å². The van der Waals surface area contributed by atoms with E-state index in [-0.39, 0.29) is 12.4 Å². The fourth-order valence-corrected chi connectivity index (χ4v) is 2.58. The van der Waals surface area contributed by atoms with Gasteiger partial charge in [0.25, 0.3) is 0 Å². The van der Waals surface area contributed by atoms with E-state index in [0.29, 0.717) is 17.4 Å². The van der Waals surface area contributed by atoms with Crippen LogP contribution in [0.15, 0.2) is 39.2 Å². The molecule has 7 heteroatoms. The van der Waals surface area contributed by atoms with Gasteiger partial charge in [-0.2, -0.15) is 5.10 Å². The second-order valence-electron chi connectivity index (χ2n) is 4.02. The molecule has 0 radical (unpaired) electrons. The van der Waals surface area contributed by atoms with E-state index in [9.17, 15) is 4.79 Å². The van der Waals surface area contributed by atoms with Gasteiger partial charge in [0.2, 0.25) is 5.13 Å². The molecule has 0 unspecified atom stereocenters. The van der Waals surface area contributed by atoms with Crippen molar-refractivity contribution in [2.75, 3.05) is 12.0 Å². The first-order valence-electron chi connectivity index (χ1n) is 6.32. The van der Waals surface area contributed by atoms with Crippen LogP contribution in [-0.2, 0) is 16.0 Å². The van der Waals surface area contributed by atoms with E-state index >= 15 is 0 Å². The molecular weight excluding hydrogens is 354 g/mol. The van der Waals surface area contributed by atoms with E-state index < -0.39 is 0 Å². The second kappa shape index (κ2) is 7.90. The molecule has 0 saturated heterocycles. The topological polar surface area (TPSA) is 63.6 Å². The standard InChI is InChI=1S/C14H14BrN3O2S/c1-2-20-13(19)7-11-9-21-14(17-11)18-16-8-10-5-3-4-6-12(10)15/h3-6,8-9H,2,7H2,1H3,(H,17,18)/b16-8+. The predicted octanol–water partition coefficient (Wildman–Crippen LogP) is 3.46. The van der Waals surface area contributed by atoms with E-state index in [1.807, 2.05) is 29.6 Å². The molecular formula is C14H14BrN3O2S. The van der Waals surface area contributed by atoms with Gasteiger partial charge in [-0.1, -0.05) is 34.1 Å². The van der Waals surface area contributed by atoms with Crippen LogP contribution in [0.2, 0.25) is 0 Å². The first kappa shape index (κ1) is 15.7. The summed E-state index contributed by atoms with van der Waals surface area (Å²) in [5.41, 5.74) is 4.49. The number of anilines is 1. The number of rotatable bonds is 6. The summed E-state index contributed by atoms with van der Waals surface area (Å²) in [6.07, 6.45) is 1.89. The maximum Gasteiger partial charge on any atom is 0.311 e. The average Bonchev–Trinajstić information content (AvgIpc) is 2.88. The van der Waals surface area contributed by atoms with Crippen molar-refractivity contribution in [3.8, 4) is 0 Å². The number of ether oxygens (including phenoxy) is 1. The zero-order valence-corrected chi connectivity index (χ0v) is 13.8. The number of benzene rings is 1. The van der Waals surface area contributed by atoms with Crippen molar-refractivity contribution in [2.24, 2.45) is 5.10 Å². The minimum atomic E-state index is -0.272. The average molecular weight is 368 g/mol. The predicted molar refractivity (Wildman–Crippen MR) is 87.8 cm³/mol. The lowest BCUT2D eigenvalue weighted by Gasteiger charge is -1.98. The van der Waals surface area contributed by atoms with Crippen molar-refractivity contribution >= 4 is 44.6 Å². The highest BCUT2D eigenvalue weighted by Crippen LogP contribution is 2.17. The third-order valence-corrected chi connectivity index (χ3v) is 3.97. The number of nitrogens with one attached hydrogen (secondary N) is 1. The Morgan fingerprint density at radius 1 is 1.52 bits per heavy atom. The Hall–Kier alpha value is -1.73. The molecule has 0 aliphatic carbocycles. The number of hydrazone groups is 1. The summed E-state index contributed by atoms with van der Waals surface area (Å²) in [7, 11) is 0. The monoisotopic (exact) mass is 367 g/mol. The van der Waals surface area contributed by atoms with Gasteiger partial charge in [0, 0.05) is 15.4 Å². The molecule has 0 atom stereocenters. The molecule has 5 nitrogen and oxygen atoms in total. The number of carbonyl (C=O) groups excluding carboxylic acids is 1. The lowest BCUT2D eigenvalue weighted by Crippen LogP contribution is -2.07. The lowest BCUT2D eigenvalue weighted by atomic mass is 10.2. The van der Waals surface area contributed by atoms with Gasteiger partial charge in [0.15, 0.2) is 0 Å². The summed E-state index contributed by atoms with van der Waals surface area (Å²) in [5, 5.41) is 6.58. The molecule has 0 fully saturated rings. The van der Waals surface area contributed by atoms with E-state index in [0.717, 1.165) is 10.0 Å². The smallest absolute Gasteiger partial charge is 0.311 e. The quantitative estimate of drug-likeness (QED) is 0.482. The summed E-state index contributed by atoms with van der Waals surface area (Å²) >= 11 is 4.84. The first-order valence-corrected chi connectivity index (χ1v) is 8.00. The molecule has 1 aromatic heterocycles. The highest BCUT2D eigenvalue weighted by molar-refractivity contribution is 9.10. The van der Waals surface area contributed by atoms with E-state index in [4.69, 9.17) is 4.74 Å².